The average molecular weight is 690 g/mol. The maximum Gasteiger partial charge on any atom is 0.128 e. The van der Waals surface area contributed by atoms with Crippen molar-refractivity contribution in [2.24, 2.45) is 0 Å². The lowest BCUT2D eigenvalue weighted by molar-refractivity contribution is 0.447. The third-order valence-electron chi connectivity index (χ3n) is 10.5. The van der Waals surface area contributed by atoms with E-state index in [1.165, 1.54) is 0 Å². The van der Waals surface area contributed by atoms with Crippen molar-refractivity contribution in [3.05, 3.63) is 113 Å². The number of hydrogen-bond acceptors (Lipinski definition) is 3. The van der Waals surface area contributed by atoms with Crippen LogP contribution in [-0.2, 0) is 23.9 Å². The number of pyridine rings is 1. The van der Waals surface area contributed by atoms with Crippen LogP contribution in [0.15, 0.2) is 91.0 Å². The molecule has 2 N–H and O–H groups in total. The van der Waals surface area contributed by atoms with E-state index in [9.17, 15) is 10.2 Å². The topological polar surface area (TPSA) is 63.2 Å². The van der Waals surface area contributed by atoms with Crippen molar-refractivity contribution in [1.82, 2.24) is 14.1 Å². The van der Waals surface area contributed by atoms with Crippen LogP contribution in [-0.4, -0.2) is 24.3 Å². The Labute approximate surface area is 308 Å². The summed E-state index contributed by atoms with van der Waals surface area (Å²) in [5, 5.41) is 26.2. The predicted molar refractivity (Wildman–Crippen MR) is 219 cm³/mol. The number of nitrogens with zero attached hydrogens (tertiary/aromatic N) is 3. The summed E-state index contributed by atoms with van der Waals surface area (Å²) in [5.74, 6) is 0.622. The van der Waals surface area contributed by atoms with Crippen molar-refractivity contribution >= 4 is 21.8 Å². The zero-order chi connectivity index (χ0) is 37.3. The molecule has 7 aromatic rings. The number of hydrogen-bond donors (Lipinski definition) is 2. The van der Waals surface area contributed by atoms with Crippen LogP contribution in [0.25, 0.3) is 66.8 Å². The highest BCUT2D eigenvalue weighted by molar-refractivity contribution is 6.07. The van der Waals surface area contributed by atoms with Gasteiger partial charge < -0.3 is 19.3 Å². The highest BCUT2D eigenvalue weighted by Crippen LogP contribution is 2.49. The first-order valence-electron chi connectivity index (χ1n) is 18.5. The summed E-state index contributed by atoms with van der Waals surface area (Å²) in [5.41, 5.74) is 13.0. The minimum absolute atomic E-state index is 0.246. The summed E-state index contributed by atoms with van der Waals surface area (Å²) in [6.07, 6.45) is 0. The Hall–Kier alpha value is -5.29. The summed E-state index contributed by atoms with van der Waals surface area (Å²) in [6.45, 7) is 22.9. The molecule has 52 heavy (non-hydrogen) atoms. The van der Waals surface area contributed by atoms with Crippen LogP contribution in [0.5, 0.6) is 11.5 Å². The number of phenolic OH excluding ortho intramolecular Hbond substituents is 2. The van der Waals surface area contributed by atoms with Crippen molar-refractivity contribution in [2.45, 2.75) is 93.2 Å². The Balaban J connectivity index is 1.57. The van der Waals surface area contributed by atoms with Crippen LogP contribution in [0.2, 0.25) is 0 Å². The molecule has 0 aliphatic heterocycles. The first kappa shape index (κ1) is 35.1. The van der Waals surface area contributed by atoms with Gasteiger partial charge in [-0.25, -0.2) is 4.98 Å². The second-order valence-electron chi connectivity index (χ2n) is 16.3. The molecule has 5 heteroatoms. The van der Waals surface area contributed by atoms with Crippen molar-refractivity contribution < 1.29 is 10.2 Å². The Morgan fingerprint density at radius 2 is 0.923 bits per heavy atom. The van der Waals surface area contributed by atoms with Crippen molar-refractivity contribution in [1.29, 1.82) is 0 Å². The fraction of sp³-hybridized carbons (Fsp3) is 0.298. The summed E-state index contributed by atoms with van der Waals surface area (Å²) >= 11 is 0. The van der Waals surface area contributed by atoms with E-state index in [4.69, 9.17) is 4.98 Å². The molecule has 3 aromatic heterocycles. The van der Waals surface area contributed by atoms with Gasteiger partial charge in [0.25, 0.3) is 0 Å². The monoisotopic (exact) mass is 689 g/mol. The first-order valence-corrected chi connectivity index (χ1v) is 18.5. The summed E-state index contributed by atoms with van der Waals surface area (Å²) < 4.78 is 4.63. The van der Waals surface area contributed by atoms with Gasteiger partial charge in [-0.15, -0.1) is 0 Å². The molecule has 0 saturated heterocycles. The van der Waals surface area contributed by atoms with E-state index < -0.39 is 0 Å². The molecule has 0 fully saturated rings. The third-order valence-corrected chi connectivity index (χ3v) is 10.5. The van der Waals surface area contributed by atoms with Crippen molar-refractivity contribution in [3.63, 3.8) is 0 Å². The minimum Gasteiger partial charge on any atom is -0.507 e. The van der Waals surface area contributed by atoms with Gasteiger partial charge in [0, 0.05) is 68.3 Å². The second-order valence-corrected chi connectivity index (χ2v) is 16.3. The van der Waals surface area contributed by atoms with Gasteiger partial charge in [0.1, 0.15) is 11.5 Å². The molecule has 0 aliphatic carbocycles. The van der Waals surface area contributed by atoms with Gasteiger partial charge in [0.15, 0.2) is 0 Å². The van der Waals surface area contributed by atoms with Gasteiger partial charge in [-0.1, -0.05) is 96.1 Å². The number of phenols is 2. The van der Waals surface area contributed by atoms with Crippen LogP contribution in [0, 0.1) is 13.8 Å². The predicted octanol–water partition coefficient (Wildman–Crippen LogP) is 12.3. The van der Waals surface area contributed by atoms with E-state index in [0.29, 0.717) is 11.5 Å². The normalized spacial score (nSPS) is 12.3. The molecule has 0 unspecified atom stereocenters. The number of aromatic hydroxyl groups is 2. The van der Waals surface area contributed by atoms with E-state index in [1.54, 1.807) is 0 Å². The number of benzene rings is 4. The third kappa shape index (κ3) is 5.67. The smallest absolute Gasteiger partial charge is 0.128 e. The highest BCUT2D eigenvalue weighted by Gasteiger charge is 2.29. The van der Waals surface area contributed by atoms with E-state index >= 15 is 0 Å². The molecule has 4 aromatic carbocycles. The van der Waals surface area contributed by atoms with Crippen LogP contribution in [0.4, 0.5) is 0 Å². The van der Waals surface area contributed by atoms with E-state index in [2.05, 4.69) is 169 Å². The molecule has 0 radical (unpaired) electrons. The van der Waals surface area contributed by atoms with Crippen LogP contribution < -0.4 is 0 Å². The Bertz CT molecular complexity index is 2330. The molecule has 0 aliphatic rings. The molecule has 5 nitrogen and oxygen atoms in total. The van der Waals surface area contributed by atoms with Gasteiger partial charge in [0.2, 0.25) is 0 Å². The highest BCUT2D eigenvalue weighted by atomic mass is 16.3. The van der Waals surface area contributed by atoms with Crippen LogP contribution in [0.1, 0.15) is 77.6 Å². The molecule has 266 valence electrons. The summed E-state index contributed by atoms with van der Waals surface area (Å²) in [7, 11) is 0. The maximum absolute atomic E-state index is 12.0. The van der Waals surface area contributed by atoms with Gasteiger partial charge in [-0.3, -0.25) is 0 Å². The van der Waals surface area contributed by atoms with Crippen LogP contribution in [0.3, 0.4) is 0 Å². The molecular weight excluding hydrogens is 639 g/mol. The minimum atomic E-state index is -0.246. The average Bonchev–Trinajstić information content (AvgIpc) is 3.61. The molecule has 3 heterocycles. The zero-order valence-corrected chi connectivity index (χ0v) is 32.3. The Morgan fingerprint density at radius 1 is 0.538 bits per heavy atom. The Kier molecular flexibility index (Phi) is 8.60. The van der Waals surface area contributed by atoms with Gasteiger partial charge >= 0.3 is 0 Å². The summed E-state index contributed by atoms with van der Waals surface area (Å²) in [4.78, 5) is 5.54. The number of rotatable bonds is 6. The number of aromatic nitrogens is 3. The fourth-order valence-electron chi connectivity index (χ4n) is 8.12. The lowest BCUT2D eigenvalue weighted by Gasteiger charge is -2.24. The SMILES string of the molecule is CCn1c(-c2cc(C)cc(C(C)(C)C)c2O)c(-c2cccc(-c3c(-c4cc(C)cc(C(C)(C)C)c4O)n(CC)c4ccccc34)n2)c2ccccc21. The fourth-order valence-corrected chi connectivity index (χ4v) is 8.12. The number of para-hydroxylation sites is 2. The molecule has 0 bridgehead atoms. The lowest BCUT2D eigenvalue weighted by atomic mass is 9.83. The van der Waals surface area contributed by atoms with Crippen molar-refractivity contribution in [3.8, 4) is 56.5 Å². The van der Waals surface area contributed by atoms with E-state index in [1.807, 2.05) is 0 Å². The molecule has 0 amide bonds. The number of fused-ring (bicyclic) bond motifs is 2. The van der Waals surface area contributed by atoms with E-state index in [0.717, 1.165) is 102 Å². The van der Waals surface area contributed by atoms with Gasteiger partial charge in [-0.2, -0.15) is 0 Å². The van der Waals surface area contributed by atoms with E-state index in [-0.39, 0.29) is 10.8 Å². The molecule has 0 spiro atoms. The summed E-state index contributed by atoms with van der Waals surface area (Å²) in [6, 6.07) is 31.7. The van der Waals surface area contributed by atoms with Crippen molar-refractivity contribution in [2.75, 3.05) is 0 Å². The molecule has 7 rings (SSSR count). The quantitative estimate of drug-likeness (QED) is 0.183. The van der Waals surface area contributed by atoms with Gasteiger partial charge in [0.05, 0.1) is 22.8 Å². The lowest BCUT2D eigenvalue weighted by Crippen LogP contribution is -2.12. The largest absolute Gasteiger partial charge is 0.507 e. The second kappa shape index (κ2) is 12.7. The first-order chi connectivity index (χ1) is 24.6. The maximum atomic E-state index is 12.0. The number of aryl methyl sites for hydroxylation is 4. The zero-order valence-electron chi connectivity index (χ0n) is 32.3. The van der Waals surface area contributed by atoms with Crippen LogP contribution >= 0.6 is 0 Å². The molecular formula is C47H51N3O2. The Morgan fingerprint density at radius 3 is 1.29 bits per heavy atom. The standard InChI is InChI=1S/C47H51N3O2/c1-11-49-38-22-15-13-18-30(38)40(42(49)32-24-28(3)26-34(44(32)51)46(5,6)7)36-20-17-21-37(48-36)41-31-19-14-16-23-39(31)50(12-2)43(41)33-25-29(4)27-35(45(33)52)47(8,9)10/h13-27,51-52H,11-12H2,1-10H3. The molecule has 0 atom stereocenters. The van der Waals surface area contributed by atoms with Gasteiger partial charge in [-0.05, 0) is 86.1 Å². The molecule has 0 saturated carbocycles.